The number of rotatable bonds is 4. The molecule has 7 heteroatoms. The van der Waals surface area contributed by atoms with Gasteiger partial charge in [0.05, 0.1) is 17.6 Å². The van der Waals surface area contributed by atoms with Crippen LogP contribution in [0, 0.1) is 0 Å². The first-order valence-corrected chi connectivity index (χ1v) is 6.33. The molecule has 0 aliphatic rings. The van der Waals surface area contributed by atoms with Crippen LogP contribution < -0.4 is 11.1 Å². The highest BCUT2D eigenvalue weighted by Gasteiger charge is 2.14. The molecule has 7 nitrogen and oxygen atoms in total. The van der Waals surface area contributed by atoms with Crippen LogP contribution in [0.1, 0.15) is 20.8 Å². The molecule has 110 valence electrons. The maximum atomic E-state index is 11.8. The third-order valence-corrected chi connectivity index (χ3v) is 3.00. The van der Waals surface area contributed by atoms with Crippen LogP contribution in [0.25, 0.3) is 5.69 Å². The lowest BCUT2D eigenvalue weighted by Gasteiger charge is -2.10. The molecule has 1 aromatic carbocycles. The van der Waals surface area contributed by atoms with Gasteiger partial charge in [-0.25, -0.2) is 4.68 Å². The minimum absolute atomic E-state index is 0.0734. The smallest absolute Gasteiger partial charge is 0.271 e. The fourth-order valence-electron chi connectivity index (χ4n) is 1.89. The van der Waals surface area contributed by atoms with Crippen molar-refractivity contribution >= 4 is 17.5 Å². The molecule has 0 unspecified atom stereocenters. The zero-order valence-electron chi connectivity index (χ0n) is 12.1. The highest BCUT2D eigenvalue weighted by molar-refractivity contribution is 5.96. The Morgan fingerprint density at radius 2 is 1.86 bits per heavy atom. The third kappa shape index (κ3) is 2.86. The third-order valence-electron chi connectivity index (χ3n) is 3.00. The average Bonchev–Trinajstić information content (AvgIpc) is 2.91. The number of hydrogen-bond donors (Lipinski definition) is 2. The molecule has 1 heterocycles. The van der Waals surface area contributed by atoms with Crippen molar-refractivity contribution in [2.75, 3.05) is 26.5 Å². The minimum Gasteiger partial charge on any atom is -0.385 e. The molecule has 2 rings (SSSR count). The number of hydrogen-bond acceptors (Lipinski definition) is 4. The maximum absolute atomic E-state index is 11.8. The summed E-state index contributed by atoms with van der Waals surface area (Å²) in [6, 6.07) is 6.94. The largest absolute Gasteiger partial charge is 0.385 e. The van der Waals surface area contributed by atoms with Gasteiger partial charge in [0.25, 0.3) is 11.8 Å². The Morgan fingerprint density at radius 3 is 2.29 bits per heavy atom. The zero-order valence-corrected chi connectivity index (χ0v) is 12.1. The van der Waals surface area contributed by atoms with Crippen LogP contribution in [0.4, 0.5) is 5.69 Å². The Morgan fingerprint density at radius 1 is 1.24 bits per heavy atom. The number of carbonyl (C=O) groups is 2. The molecule has 0 saturated carbocycles. The molecule has 0 fully saturated rings. The summed E-state index contributed by atoms with van der Waals surface area (Å²) in [6.07, 6.45) is 1.67. The van der Waals surface area contributed by atoms with Crippen LogP contribution in [0.3, 0.4) is 0 Å². The van der Waals surface area contributed by atoms with Crippen molar-refractivity contribution in [3.63, 3.8) is 0 Å². The predicted molar refractivity (Wildman–Crippen MR) is 79.6 cm³/mol. The van der Waals surface area contributed by atoms with E-state index in [9.17, 15) is 9.59 Å². The first-order valence-electron chi connectivity index (χ1n) is 6.33. The summed E-state index contributed by atoms with van der Waals surface area (Å²) in [5.74, 6) is -0.673. The molecular weight excluding hydrogens is 270 g/mol. The van der Waals surface area contributed by atoms with Crippen LogP contribution in [0.15, 0.2) is 30.5 Å². The van der Waals surface area contributed by atoms with Crippen molar-refractivity contribution in [2.45, 2.75) is 0 Å². The quantitative estimate of drug-likeness (QED) is 0.866. The van der Waals surface area contributed by atoms with Gasteiger partial charge in [-0.15, -0.1) is 0 Å². The van der Waals surface area contributed by atoms with Crippen LogP contribution in [-0.2, 0) is 0 Å². The number of primary amides is 1. The van der Waals surface area contributed by atoms with Gasteiger partial charge in [-0.3, -0.25) is 9.59 Å². The van der Waals surface area contributed by atoms with Gasteiger partial charge in [0.2, 0.25) is 0 Å². The number of nitrogens with zero attached hydrogens (tertiary/aromatic N) is 3. The SMILES string of the molecule is CNc1cn(-c2ccc(C(=O)N(C)C)cc2)nc1C(N)=O. The van der Waals surface area contributed by atoms with E-state index in [1.54, 1.807) is 51.6 Å². The molecule has 21 heavy (non-hydrogen) atoms. The first-order chi connectivity index (χ1) is 9.93. The van der Waals surface area contributed by atoms with Gasteiger partial charge in [0, 0.05) is 26.7 Å². The summed E-state index contributed by atoms with van der Waals surface area (Å²) in [6.45, 7) is 0. The van der Waals surface area contributed by atoms with Gasteiger partial charge in [-0.05, 0) is 24.3 Å². The van der Waals surface area contributed by atoms with E-state index in [1.807, 2.05) is 0 Å². The molecule has 0 aliphatic heterocycles. The fourth-order valence-corrected chi connectivity index (χ4v) is 1.89. The van der Waals surface area contributed by atoms with Crippen LogP contribution in [-0.4, -0.2) is 47.6 Å². The fraction of sp³-hybridized carbons (Fsp3) is 0.214. The summed E-state index contributed by atoms with van der Waals surface area (Å²) >= 11 is 0. The first kappa shape index (κ1) is 14.6. The van der Waals surface area contributed by atoms with E-state index in [0.717, 1.165) is 5.69 Å². The van der Waals surface area contributed by atoms with Gasteiger partial charge in [-0.2, -0.15) is 5.10 Å². The highest BCUT2D eigenvalue weighted by atomic mass is 16.2. The predicted octanol–water partition coefficient (Wildman–Crippen LogP) is 0.715. The molecule has 0 saturated heterocycles. The van der Waals surface area contributed by atoms with Crippen molar-refractivity contribution in [1.82, 2.24) is 14.7 Å². The van der Waals surface area contributed by atoms with E-state index >= 15 is 0 Å². The molecule has 0 spiro atoms. The van der Waals surface area contributed by atoms with Gasteiger partial charge >= 0.3 is 0 Å². The molecule has 1 aromatic heterocycles. The van der Waals surface area contributed by atoms with E-state index in [2.05, 4.69) is 10.4 Å². The Hall–Kier alpha value is -2.83. The van der Waals surface area contributed by atoms with Gasteiger partial charge in [-0.1, -0.05) is 0 Å². The number of aromatic nitrogens is 2. The van der Waals surface area contributed by atoms with Crippen LogP contribution >= 0.6 is 0 Å². The Balaban J connectivity index is 2.35. The number of amides is 2. The van der Waals surface area contributed by atoms with Crippen molar-refractivity contribution in [2.24, 2.45) is 5.73 Å². The lowest BCUT2D eigenvalue weighted by Crippen LogP contribution is -2.21. The number of nitrogens with one attached hydrogen (secondary N) is 1. The van der Waals surface area contributed by atoms with Crippen molar-refractivity contribution in [3.05, 3.63) is 41.7 Å². The average molecular weight is 287 g/mol. The van der Waals surface area contributed by atoms with E-state index in [1.165, 1.54) is 9.58 Å². The lowest BCUT2D eigenvalue weighted by atomic mass is 10.2. The molecular formula is C14H17N5O2. The van der Waals surface area contributed by atoms with Crippen molar-refractivity contribution in [1.29, 1.82) is 0 Å². The molecule has 0 aliphatic carbocycles. The van der Waals surface area contributed by atoms with Gasteiger partial charge in [0.15, 0.2) is 5.69 Å². The second kappa shape index (κ2) is 5.66. The van der Waals surface area contributed by atoms with Crippen LogP contribution in [0.2, 0.25) is 0 Å². The van der Waals surface area contributed by atoms with E-state index in [4.69, 9.17) is 5.73 Å². The molecule has 0 radical (unpaired) electrons. The second-order valence-corrected chi connectivity index (χ2v) is 4.70. The Kier molecular flexibility index (Phi) is 3.93. The summed E-state index contributed by atoms with van der Waals surface area (Å²) in [5, 5.41) is 7.01. The number of carbonyl (C=O) groups excluding carboxylic acids is 2. The second-order valence-electron chi connectivity index (χ2n) is 4.70. The topological polar surface area (TPSA) is 93.2 Å². The summed E-state index contributed by atoms with van der Waals surface area (Å²) < 4.78 is 1.54. The number of benzene rings is 1. The molecule has 2 aromatic rings. The van der Waals surface area contributed by atoms with E-state index in [-0.39, 0.29) is 11.6 Å². The lowest BCUT2D eigenvalue weighted by molar-refractivity contribution is 0.0827. The van der Waals surface area contributed by atoms with Crippen LogP contribution in [0.5, 0.6) is 0 Å². The van der Waals surface area contributed by atoms with E-state index in [0.29, 0.717) is 11.3 Å². The Labute approximate surface area is 122 Å². The normalized spacial score (nSPS) is 10.2. The van der Waals surface area contributed by atoms with Gasteiger partial charge < -0.3 is 16.0 Å². The maximum Gasteiger partial charge on any atom is 0.271 e. The molecule has 3 N–H and O–H groups in total. The standard InChI is InChI=1S/C14H17N5O2/c1-16-11-8-19(17-12(11)13(15)20)10-6-4-9(5-7-10)14(21)18(2)3/h4-8,16H,1-3H3,(H2,15,20). The van der Waals surface area contributed by atoms with Gasteiger partial charge in [0.1, 0.15) is 0 Å². The molecule has 0 bridgehead atoms. The van der Waals surface area contributed by atoms with E-state index < -0.39 is 5.91 Å². The summed E-state index contributed by atoms with van der Waals surface area (Å²) in [4.78, 5) is 24.6. The summed E-state index contributed by atoms with van der Waals surface area (Å²) in [7, 11) is 5.08. The summed E-state index contributed by atoms with van der Waals surface area (Å²) in [5.41, 5.74) is 7.31. The zero-order chi connectivity index (χ0) is 15.6. The highest BCUT2D eigenvalue weighted by Crippen LogP contribution is 2.17. The minimum atomic E-state index is -0.600. The monoisotopic (exact) mass is 287 g/mol. The van der Waals surface area contributed by atoms with Crippen molar-refractivity contribution in [3.8, 4) is 5.69 Å². The Bertz CT molecular complexity index is 673. The molecule has 0 atom stereocenters. The molecule has 2 amide bonds. The number of anilines is 1. The number of nitrogens with two attached hydrogens (primary N) is 1. The van der Waals surface area contributed by atoms with Crippen molar-refractivity contribution < 1.29 is 9.59 Å².